The van der Waals surface area contributed by atoms with Crippen molar-refractivity contribution in [1.29, 1.82) is 0 Å². The SMILES string of the molecule is CC(C)(C)OC(=O)N(C(N)=O)[C@@H](Cc1ccccc1)C(=O)O. The van der Waals surface area contributed by atoms with Crippen LogP contribution in [0.3, 0.4) is 0 Å². The lowest BCUT2D eigenvalue weighted by molar-refractivity contribution is -0.142. The number of carbonyl (C=O) groups is 3. The molecule has 0 bridgehead atoms. The molecule has 22 heavy (non-hydrogen) atoms. The van der Waals surface area contributed by atoms with E-state index in [1.165, 1.54) is 0 Å². The number of rotatable bonds is 4. The van der Waals surface area contributed by atoms with Crippen LogP contribution >= 0.6 is 0 Å². The number of benzene rings is 1. The van der Waals surface area contributed by atoms with E-state index in [4.69, 9.17) is 10.5 Å². The maximum atomic E-state index is 12.1. The minimum atomic E-state index is -1.44. The Morgan fingerprint density at radius 3 is 2.18 bits per heavy atom. The second kappa shape index (κ2) is 6.93. The molecule has 0 unspecified atom stereocenters. The van der Waals surface area contributed by atoms with E-state index in [2.05, 4.69) is 0 Å². The number of nitrogens with two attached hydrogens (primary N) is 1. The van der Waals surface area contributed by atoms with Crippen molar-refractivity contribution >= 4 is 18.1 Å². The van der Waals surface area contributed by atoms with E-state index in [1.54, 1.807) is 51.1 Å². The van der Waals surface area contributed by atoms with Crippen molar-refractivity contribution in [2.45, 2.75) is 38.8 Å². The van der Waals surface area contributed by atoms with E-state index in [-0.39, 0.29) is 6.42 Å². The van der Waals surface area contributed by atoms with Gasteiger partial charge in [0.2, 0.25) is 0 Å². The van der Waals surface area contributed by atoms with Gasteiger partial charge in [-0.3, -0.25) is 0 Å². The van der Waals surface area contributed by atoms with Crippen molar-refractivity contribution in [3.05, 3.63) is 35.9 Å². The Morgan fingerprint density at radius 2 is 1.77 bits per heavy atom. The molecule has 1 aromatic carbocycles. The number of imide groups is 1. The van der Waals surface area contributed by atoms with E-state index < -0.39 is 29.7 Å². The zero-order valence-corrected chi connectivity index (χ0v) is 12.8. The Hall–Kier alpha value is -2.57. The van der Waals surface area contributed by atoms with Gasteiger partial charge in [-0.2, -0.15) is 0 Å². The van der Waals surface area contributed by atoms with Crippen LogP contribution in [-0.2, 0) is 16.0 Å². The summed E-state index contributed by atoms with van der Waals surface area (Å²) in [5.74, 6) is -1.34. The van der Waals surface area contributed by atoms with Gasteiger partial charge < -0.3 is 15.6 Å². The molecule has 0 radical (unpaired) electrons. The molecule has 0 fully saturated rings. The van der Waals surface area contributed by atoms with Gasteiger partial charge in [-0.05, 0) is 26.3 Å². The van der Waals surface area contributed by atoms with Gasteiger partial charge in [-0.1, -0.05) is 30.3 Å². The molecule has 0 aliphatic carbocycles. The van der Waals surface area contributed by atoms with Crippen LogP contribution in [0.5, 0.6) is 0 Å². The summed E-state index contributed by atoms with van der Waals surface area (Å²) in [6, 6.07) is 6.03. The highest BCUT2D eigenvalue weighted by Gasteiger charge is 2.36. The highest BCUT2D eigenvalue weighted by Crippen LogP contribution is 2.15. The Balaban J connectivity index is 3.05. The molecule has 3 amide bonds. The summed E-state index contributed by atoms with van der Waals surface area (Å²) < 4.78 is 5.05. The lowest BCUT2D eigenvalue weighted by Gasteiger charge is -2.28. The topological polar surface area (TPSA) is 110 Å². The molecule has 0 aromatic heterocycles. The second-order valence-corrected chi connectivity index (χ2v) is 5.73. The van der Waals surface area contributed by atoms with E-state index in [0.29, 0.717) is 10.5 Å². The van der Waals surface area contributed by atoms with Gasteiger partial charge in [-0.15, -0.1) is 0 Å². The van der Waals surface area contributed by atoms with Gasteiger partial charge in [0.05, 0.1) is 0 Å². The van der Waals surface area contributed by atoms with Crippen LogP contribution in [0.25, 0.3) is 0 Å². The van der Waals surface area contributed by atoms with Crippen LogP contribution in [0, 0.1) is 0 Å². The second-order valence-electron chi connectivity index (χ2n) is 5.73. The highest BCUT2D eigenvalue weighted by atomic mass is 16.6. The molecule has 3 N–H and O–H groups in total. The summed E-state index contributed by atoms with van der Waals surface area (Å²) in [6.45, 7) is 4.82. The lowest BCUT2D eigenvalue weighted by Crippen LogP contribution is -2.53. The fraction of sp³-hybridized carbons (Fsp3) is 0.400. The number of urea groups is 1. The number of carbonyl (C=O) groups excluding carboxylic acids is 2. The standard InChI is InChI=1S/C15H20N2O5/c1-15(2,3)22-14(21)17(13(16)20)11(12(18)19)9-10-7-5-4-6-8-10/h4-8,11H,9H2,1-3H3,(H2,16,20)(H,18,19)/t11-/m0/s1. The van der Waals surface area contributed by atoms with Gasteiger partial charge in [0, 0.05) is 6.42 Å². The van der Waals surface area contributed by atoms with Crippen LogP contribution < -0.4 is 5.73 Å². The number of hydrogen-bond acceptors (Lipinski definition) is 4. The first-order valence-corrected chi connectivity index (χ1v) is 6.70. The molecular formula is C15H20N2O5. The van der Waals surface area contributed by atoms with Crippen LogP contribution in [0.4, 0.5) is 9.59 Å². The molecule has 7 nitrogen and oxygen atoms in total. The zero-order chi connectivity index (χ0) is 16.9. The van der Waals surface area contributed by atoms with Crippen LogP contribution in [0.1, 0.15) is 26.3 Å². The monoisotopic (exact) mass is 308 g/mol. The largest absolute Gasteiger partial charge is 0.480 e. The molecule has 0 saturated carbocycles. The van der Waals surface area contributed by atoms with Crippen molar-refractivity contribution in [2.24, 2.45) is 5.73 Å². The number of primary amides is 1. The van der Waals surface area contributed by atoms with E-state index in [0.717, 1.165) is 0 Å². The molecule has 1 atom stereocenters. The maximum Gasteiger partial charge on any atom is 0.419 e. The Morgan fingerprint density at radius 1 is 1.23 bits per heavy atom. The summed E-state index contributed by atoms with van der Waals surface area (Å²) in [5, 5.41) is 9.34. The first-order chi connectivity index (χ1) is 10.1. The number of ether oxygens (including phenoxy) is 1. The molecule has 120 valence electrons. The van der Waals surface area contributed by atoms with E-state index in [9.17, 15) is 19.5 Å². The summed E-state index contributed by atoms with van der Waals surface area (Å²) in [6.07, 6.45) is -1.14. The predicted octanol–water partition coefficient (Wildman–Crippen LogP) is 2.00. The molecule has 0 spiro atoms. The molecule has 1 aromatic rings. The lowest BCUT2D eigenvalue weighted by atomic mass is 10.1. The third-order valence-electron chi connectivity index (χ3n) is 2.70. The van der Waals surface area contributed by atoms with Gasteiger partial charge >= 0.3 is 18.1 Å². The Bertz CT molecular complexity index is 551. The average molecular weight is 308 g/mol. The smallest absolute Gasteiger partial charge is 0.419 e. The molecular weight excluding hydrogens is 288 g/mol. The van der Waals surface area contributed by atoms with Crippen molar-refractivity contribution in [1.82, 2.24) is 4.90 Å². The Kier molecular flexibility index (Phi) is 5.50. The van der Waals surface area contributed by atoms with Crippen molar-refractivity contribution in [3.8, 4) is 0 Å². The average Bonchev–Trinajstić information content (AvgIpc) is 2.36. The molecule has 7 heteroatoms. The van der Waals surface area contributed by atoms with Crippen LogP contribution in [0.15, 0.2) is 30.3 Å². The van der Waals surface area contributed by atoms with Crippen molar-refractivity contribution in [2.75, 3.05) is 0 Å². The zero-order valence-electron chi connectivity index (χ0n) is 12.8. The minimum Gasteiger partial charge on any atom is -0.480 e. The number of hydrogen-bond donors (Lipinski definition) is 2. The third-order valence-corrected chi connectivity index (χ3v) is 2.70. The summed E-state index contributed by atoms with van der Waals surface area (Å²) in [7, 11) is 0. The van der Waals surface area contributed by atoms with Gasteiger partial charge in [0.15, 0.2) is 0 Å². The third kappa shape index (κ3) is 5.08. The summed E-state index contributed by atoms with van der Waals surface area (Å²) in [4.78, 5) is 35.5. The fourth-order valence-corrected chi connectivity index (χ4v) is 1.81. The number of nitrogens with zero attached hydrogens (tertiary/aromatic N) is 1. The summed E-state index contributed by atoms with van der Waals surface area (Å²) in [5.41, 5.74) is 4.95. The van der Waals surface area contributed by atoms with E-state index >= 15 is 0 Å². The molecule has 0 aliphatic rings. The number of amides is 3. The van der Waals surface area contributed by atoms with Gasteiger partial charge in [0.1, 0.15) is 11.6 Å². The molecule has 0 saturated heterocycles. The van der Waals surface area contributed by atoms with Crippen molar-refractivity contribution < 1.29 is 24.2 Å². The minimum absolute atomic E-state index is 0.0572. The Labute approximate surface area is 128 Å². The van der Waals surface area contributed by atoms with E-state index in [1.807, 2.05) is 0 Å². The van der Waals surface area contributed by atoms with Crippen LogP contribution in [-0.4, -0.2) is 39.7 Å². The summed E-state index contributed by atoms with van der Waals surface area (Å²) >= 11 is 0. The van der Waals surface area contributed by atoms with Crippen molar-refractivity contribution in [3.63, 3.8) is 0 Å². The van der Waals surface area contributed by atoms with Crippen LogP contribution in [0.2, 0.25) is 0 Å². The highest BCUT2D eigenvalue weighted by molar-refractivity contribution is 5.95. The van der Waals surface area contributed by atoms with Gasteiger partial charge in [-0.25, -0.2) is 19.3 Å². The quantitative estimate of drug-likeness (QED) is 0.884. The maximum absolute atomic E-state index is 12.1. The predicted molar refractivity (Wildman–Crippen MR) is 79.2 cm³/mol. The van der Waals surface area contributed by atoms with Gasteiger partial charge in [0.25, 0.3) is 0 Å². The molecule has 0 heterocycles. The number of aliphatic carboxylic acids is 1. The molecule has 1 rings (SSSR count). The first-order valence-electron chi connectivity index (χ1n) is 6.70. The number of carboxylic acids is 1. The normalized spacial score (nSPS) is 12.3. The fourth-order valence-electron chi connectivity index (χ4n) is 1.81. The number of carboxylic acid groups (broad SMARTS) is 1. The first kappa shape index (κ1) is 17.5. The molecule has 0 aliphatic heterocycles.